The Morgan fingerprint density at radius 1 is 1.16 bits per heavy atom. The molecule has 0 aliphatic heterocycles. The van der Waals surface area contributed by atoms with E-state index in [9.17, 15) is 5.11 Å². The van der Waals surface area contributed by atoms with Crippen LogP contribution in [0.3, 0.4) is 0 Å². The van der Waals surface area contributed by atoms with Crippen LogP contribution in [0.15, 0.2) is 54.1 Å². The molecular weight excluding hydrogens is 330 g/mol. The maximum absolute atomic E-state index is 11.8. The second-order valence-electron chi connectivity index (χ2n) is 7.12. The van der Waals surface area contributed by atoms with Crippen LogP contribution in [-0.2, 0) is 5.60 Å². The van der Waals surface area contributed by atoms with E-state index in [2.05, 4.69) is 30.9 Å². The van der Waals surface area contributed by atoms with Gasteiger partial charge in [-0.2, -0.15) is 0 Å². The Labute approximate surface area is 156 Å². The van der Waals surface area contributed by atoms with Crippen molar-refractivity contribution in [3.63, 3.8) is 0 Å². The zero-order chi connectivity index (χ0) is 18.6. The first-order chi connectivity index (χ1) is 11.7. The van der Waals surface area contributed by atoms with Crippen LogP contribution in [0.1, 0.15) is 30.5 Å². The highest BCUT2D eigenvalue weighted by Gasteiger charge is 2.38. The predicted molar refractivity (Wildman–Crippen MR) is 108 cm³/mol. The largest absolute Gasteiger partial charge is 0.380 e. The van der Waals surface area contributed by atoms with E-state index in [0.29, 0.717) is 5.02 Å². The molecule has 2 atom stereocenters. The summed E-state index contributed by atoms with van der Waals surface area (Å²) in [5, 5.41) is 12.6. The van der Waals surface area contributed by atoms with Gasteiger partial charge >= 0.3 is 0 Å². The van der Waals surface area contributed by atoms with Crippen LogP contribution in [0.2, 0.25) is 5.02 Å². The highest BCUT2D eigenvalue weighted by Crippen LogP contribution is 2.39. The molecule has 0 saturated heterocycles. The van der Waals surface area contributed by atoms with Gasteiger partial charge in [0.2, 0.25) is 0 Å². The monoisotopic (exact) mass is 357 g/mol. The summed E-state index contributed by atoms with van der Waals surface area (Å²) in [5.74, 6) is 0.0344. The fraction of sp³-hybridized carbons (Fsp3) is 0.364. The molecule has 0 fully saturated rings. The van der Waals surface area contributed by atoms with Gasteiger partial charge in [0.05, 0.1) is 0 Å². The van der Waals surface area contributed by atoms with Crippen molar-refractivity contribution in [1.82, 2.24) is 4.90 Å². The maximum atomic E-state index is 11.8. The van der Waals surface area contributed by atoms with Crippen LogP contribution in [-0.4, -0.2) is 30.6 Å². The molecule has 0 aliphatic rings. The molecule has 0 heterocycles. The number of rotatable bonds is 6. The molecule has 2 unspecified atom stereocenters. The lowest BCUT2D eigenvalue weighted by atomic mass is 9.74. The summed E-state index contributed by atoms with van der Waals surface area (Å²) in [4.78, 5) is 2.11. The summed E-state index contributed by atoms with van der Waals surface area (Å²) in [7, 11) is 4.07. The molecule has 0 radical (unpaired) electrons. The fourth-order valence-electron chi connectivity index (χ4n) is 3.47. The first kappa shape index (κ1) is 19.7. The Balaban J connectivity index is 2.54. The molecule has 3 heteroatoms. The molecule has 2 rings (SSSR count). The molecule has 2 nitrogen and oxygen atoms in total. The normalized spacial score (nSPS) is 15.9. The fourth-order valence-corrected chi connectivity index (χ4v) is 3.59. The van der Waals surface area contributed by atoms with E-state index in [-0.39, 0.29) is 5.92 Å². The van der Waals surface area contributed by atoms with Gasteiger partial charge in [-0.25, -0.2) is 0 Å². The second-order valence-corrected chi connectivity index (χ2v) is 7.56. The van der Waals surface area contributed by atoms with Crippen molar-refractivity contribution in [3.8, 4) is 0 Å². The number of nitrogens with zero attached hydrogens (tertiary/aromatic N) is 1. The summed E-state index contributed by atoms with van der Waals surface area (Å²) >= 11 is 5.99. The topological polar surface area (TPSA) is 23.5 Å². The smallest absolute Gasteiger partial charge is 0.115 e. The van der Waals surface area contributed by atoms with E-state index in [0.717, 1.165) is 28.8 Å². The van der Waals surface area contributed by atoms with Crippen molar-refractivity contribution in [1.29, 1.82) is 0 Å². The molecule has 2 aromatic carbocycles. The summed E-state index contributed by atoms with van der Waals surface area (Å²) in [6.45, 7) is 6.95. The maximum Gasteiger partial charge on any atom is 0.115 e. The quantitative estimate of drug-likeness (QED) is 0.774. The summed E-state index contributed by atoms with van der Waals surface area (Å²) < 4.78 is 0. The summed E-state index contributed by atoms with van der Waals surface area (Å²) in [6.07, 6.45) is 2.05. The number of aryl methyl sites for hydroxylation is 1. The molecule has 0 bridgehead atoms. The molecular formula is C22H28ClNO. The molecule has 25 heavy (non-hydrogen) atoms. The van der Waals surface area contributed by atoms with E-state index in [4.69, 9.17) is 11.6 Å². The van der Waals surface area contributed by atoms with Gasteiger partial charge in [0.15, 0.2) is 0 Å². The third kappa shape index (κ3) is 4.52. The van der Waals surface area contributed by atoms with E-state index in [1.165, 1.54) is 0 Å². The minimum absolute atomic E-state index is 0.0344. The standard InChI is InChI=1S/C22H28ClNO/c1-16-8-6-7-9-21(16)22(25,18(3)15-24(4)5)17(2)14-19-10-12-20(23)13-11-19/h6-14,18,25H,15H2,1-5H3. The molecule has 0 saturated carbocycles. The first-order valence-corrected chi connectivity index (χ1v) is 9.00. The van der Waals surface area contributed by atoms with Crippen molar-refractivity contribution >= 4 is 17.7 Å². The molecule has 1 N–H and O–H groups in total. The van der Waals surface area contributed by atoms with Crippen molar-refractivity contribution in [2.45, 2.75) is 26.4 Å². The lowest BCUT2D eigenvalue weighted by Crippen LogP contribution is -2.40. The minimum atomic E-state index is -1.03. The SMILES string of the molecule is CC(=Cc1ccc(Cl)cc1)C(O)(c1ccccc1C)C(C)CN(C)C. The Morgan fingerprint density at radius 2 is 1.76 bits per heavy atom. The Hall–Kier alpha value is -1.61. The molecule has 0 aromatic heterocycles. The zero-order valence-corrected chi connectivity index (χ0v) is 16.5. The summed E-state index contributed by atoms with van der Waals surface area (Å²) in [6, 6.07) is 15.8. The van der Waals surface area contributed by atoms with Crippen LogP contribution in [0, 0.1) is 12.8 Å². The first-order valence-electron chi connectivity index (χ1n) is 8.62. The summed E-state index contributed by atoms with van der Waals surface area (Å²) in [5.41, 5.74) is 2.99. The van der Waals surface area contributed by atoms with E-state index < -0.39 is 5.60 Å². The van der Waals surface area contributed by atoms with Crippen LogP contribution < -0.4 is 0 Å². The lowest BCUT2D eigenvalue weighted by molar-refractivity contribution is 0.00998. The number of halogens is 1. The lowest BCUT2D eigenvalue weighted by Gasteiger charge is -2.38. The van der Waals surface area contributed by atoms with Crippen LogP contribution in [0.4, 0.5) is 0 Å². The van der Waals surface area contributed by atoms with E-state index in [1.54, 1.807) is 0 Å². The Kier molecular flexibility index (Phi) is 6.45. The average molecular weight is 358 g/mol. The number of aliphatic hydroxyl groups is 1. The van der Waals surface area contributed by atoms with Crippen molar-refractivity contribution in [3.05, 3.63) is 75.8 Å². The van der Waals surface area contributed by atoms with Crippen molar-refractivity contribution in [2.24, 2.45) is 5.92 Å². The molecule has 2 aromatic rings. The second kappa shape index (κ2) is 8.18. The Bertz CT molecular complexity index is 736. The minimum Gasteiger partial charge on any atom is -0.380 e. The van der Waals surface area contributed by atoms with Gasteiger partial charge in [-0.15, -0.1) is 0 Å². The third-order valence-corrected chi connectivity index (χ3v) is 5.01. The van der Waals surface area contributed by atoms with Crippen LogP contribution >= 0.6 is 11.6 Å². The molecule has 0 aliphatic carbocycles. The number of hydrogen-bond donors (Lipinski definition) is 1. The molecule has 0 amide bonds. The number of hydrogen-bond acceptors (Lipinski definition) is 2. The van der Waals surface area contributed by atoms with Gasteiger partial charge in [-0.3, -0.25) is 0 Å². The van der Waals surface area contributed by atoms with Gasteiger partial charge < -0.3 is 10.0 Å². The van der Waals surface area contributed by atoms with Crippen molar-refractivity contribution in [2.75, 3.05) is 20.6 Å². The predicted octanol–water partition coefficient (Wildman–Crippen LogP) is 5.14. The zero-order valence-electron chi connectivity index (χ0n) is 15.8. The van der Waals surface area contributed by atoms with Gasteiger partial charge in [-0.1, -0.05) is 61.0 Å². The third-order valence-electron chi connectivity index (χ3n) is 4.76. The van der Waals surface area contributed by atoms with Gasteiger partial charge in [0.1, 0.15) is 5.60 Å². The highest BCUT2D eigenvalue weighted by molar-refractivity contribution is 6.30. The van der Waals surface area contributed by atoms with Gasteiger partial charge in [0.25, 0.3) is 0 Å². The van der Waals surface area contributed by atoms with E-state index in [1.807, 2.05) is 63.5 Å². The molecule has 134 valence electrons. The number of benzene rings is 2. The van der Waals surface area contributed by atoms with E-state index >= 15 is 0 Å². The molecule has 0 spiro atoms. The van der Waals surface area contributed by atoms with Gasteiger partial charge in [-0.05, 0) is 62.3 Å². The Morgan fingerprint density at radius 3 is 2.32 bits per heavy atom. The van der Waals surface area contributed by atoms with Crippen molar-refractivity contribution < 1.29 is 5.11 Å². The highest BCUT2D eigenvalue weighted by atomic mass is 35.5. The van der Waals surface area contributed by atoms with Crippen LogP contribution in [0.25, 0.3) is 6.08 Å². The van der Waals surface area contributed by atoms with Crippen LogP contribution in [0.5, 0.6) is 0 Å². The average Bonchev–Trinajstić information content (AvgIpc) is 2.56. The van der Waals surface area contributed by atoms with Gasteiger partial charge in [0, 0.05) is 17.5 Å².